The zero-order valence-corrected chi connectivity index (χ0v) is 13.9. The van der Waals surface area contributed by atoms with Gasteiger partial charge in [0.1, 0.15) is 5.82 Å². The molecule has 0 radical (unpaired) electrons. The van der Waals surface area contributed by atoms with Gasteiger partial charge >= 0.3 is 0 Å². The Morgan fingerprint density at radius 3 is 2.80 bits per heavy atom. The van der Waals surface area contributed by atoms with E-state index in [-0.39, 0.29) is 5.82 Å². The maximum atomic E-state index is 14.0. The highest BCUT2D eigenvalue weighted by Crippen LogP contribution is 2.33. The molecular formula is C17H25BrFN. The van der Waals surface area contributed by atoms with Gasteiger partial charge in [-0.3, -0.25) is 0 Å². The molecule has 112 valence electrons. The Morgan fingerprint density at radius 2 is 2.10 bits per heavy atom. The fourth-order valence-electron chi connectivity index (χ4n) is 3.28. The third-order valence-corrected chi connectivity index (χ3v) is 4.88. The summed E-state index contributed by atoms with van der Waals surface area (Å²) in [5.74, 6) is 1.26. The number of hydrogen-bond donors (Lipinski definition) is 1. The van der Waals surface area contributed by atoms with Crippen molar-refractivity contribution in [1.29, 1.82) is 0 Å². The minimum Gasteiger partial charge on any atom is -0.316 e. The maximum Gasteiger partial charge on any atom is 0.126 e. The van der Waals surface area contributed by atoms with Gasteiger partial charge < -0.3 is 5.32 Å². The lowest BCUT2D eigenvalue weighted by molar-refractivity contribution is 0.318. The second kappa shape index (κ2) is 8.14. The fraction of sp³-hybridized carbons (Fsp3) is 0.647. The Kier molecular flexibility index (Phi) is 6.50. The van der Waals surface area contributed by atoms with Gasteiger partial charge in [-0.25, -0.2) is 4.39 Å². The molecule has 1 unspecified atom stereocenters. The van der Waals surface area contributed by atoms with Crippen molar-refractivity contribution in [3.63, 3.8) is 0 Å². The van der Waals surface area contributed by atoms with E-state index >= 15 is 0 Å². The lowest BCUT2D eigenvalue weighted by Crippen LogP contribution is -2.29. The Hall–Kier alpha value is -0.410. The minimum absolute atomic E-state index is 0.0633. The van der Waals surface area contributed by atoms with E-state index in [1.54, 1.807) is 12.1 Å². The normalized spacial score (nSPS) is 17.6. The van der Waals surface area contributed by atoms with E-state index in [2.05, 4.69) is 28.2 Å². The van der Waals surface area contributed by atoms with Crippen molar-refractivity contribution in [2.45, 2.75) is 45.4 Å². The van der Waals surface area contributed by atoms with Crippen molar-refractivity contribution in [1.82, 2.24) is 5.32 Å². The number of benzene rings is 1. The van der Waals surface area contributed by atoms with Crippen LogP contribution < -0.4 is 5.32 Å². The first-order chi connectivity index (χ1) is 9.70. The van der Waals surface area contributed by atoms with E-state index in [0.29, 0.717) is 5.92 Å². The number of nitrogens with one attached hydrogen (secondary N) is 1. The lowest BCUT2D eigenvalue weighted by Gasteiger charge is -2.24. The van der Waals surface area contributed by atoms with Crippen LogP contribution in [0.3, 0.4) is 0 Å². The van der Waals surface area contributed by atoms with Gasteiger partial charge in [-0.15, -0.1) is 0 Å². The highest BCUT2D eigenvalue weighted by molar-refractivity contribution is 9.10. The molecule has 1 fully saturated rings. The van der Waals surface area contributed by atoms with Crippen LogP contribution >= 0.6 is 15.9 Å². The van der Waals surface area contributed by atoms with Crippen LogP contribution in [0.15, 0.2) is 22.7 Å². The summed E-state index contributed by atoms with van der Waals surface area (Å²) in [6, 6.07) is 5.29. The first-order valence-electron chi connectivity index (χ1n) is 7.85. The van der Waals surface area contributed by atoms with Crippen LogP contribution in [0.4, 0.5) is 4.39 Å². The standard InChI is InChI=1S/C17H25BrFN/c1-2-9-20-12-15(13-5-3-4-6-13)10-14-11-16(18)7-8-17(14)19/h7-8,11,13,15,20H,2-6,9-10,12H2,1H3. The van der Waals surface area contributed by atoms with Crippen LogP contribution in [0, 0.1) is 17.7 Å². The molecule has 0 aromatic heterocycles. The molecule has 1 atom stereocenters. The van der Waals surface area contributed by atoms with Gasteiger partial charge in [-0.05, 0) is 61.5 Å². The molecule has 3 heteroatoms. The van der Waals surface area contributed by atoms with Gasteiger partial charge in [0.15, 0.2) is 0 Å². The molecule has 0 amide bonds. The molecule has 2 rings (SSSR count). The molecule has 0 aliphatic heterocycles. The van der Waals surface area contributed by atoms with Crippen LogP contribution in [0.2, 0.25) is 0 Å². The predicted molar refractivity (Wildman–Crippen MR) is 86.4 cm³/mol. The van der Waals surface area contributed by atoms with Gasteiger partial charge in [-0.1, -0.05) is 48.5 Å². The van der Waals surface area contributed by atoms with E-state index < -0.39 is 0 Å². The van der Waals surface area contributed by atoms with E-state index in [1.165, 1.54) is 25.7 Å². The molecule has 0 heterocycles. The number of hydrogen-bond acceptors (Lipinski definition) is 1. The molecular weight excluding hydrogens is 317 g/mol. The summed E-state index contributed by atoms with van der Waals surface area (Å²) in [6.07, 6.45) is 7.32. The first kappa shape index (κ1) is 16.0. The van der Waals surface area contributed by atoms with Crippen molar-refractivity contribution in [3.8, 4) is 0 Å². The molecule has 0 spiro atoms. The molecule has 20 heavy (non-hydrogen) atoms. The van der Waals surface area contributed by atoms with Crippen molar-refractivity contribution in [2.24, 2.45) is 11.8 Å². The highest BCUT2D eigenvalue weighted by atomic mass is 79.9. The van der Waals surface area contributed by atoms with Crippen molar-refractivity contribution >= 4 is 15.9 Å². The molecule has 1 aromatic carbocycles. The van der Waals surface area contributed by atoms with Gasteiger partial charge in [0.2, 0.25) is 0 Å². The quantitative estimate of drug-likeness (QED) is 0.693. The third-order valence-electron chi connectivity index (χ3n) is 4.39. The average molecular weight is 342 g/mol. The summed E-state index contributed by atoms with van der Waals surface area (Å²) in [6.45, 7) is 4.26. The van der Waals surface area contributed by atoms with Crippen molar-refractivity contribution < 1.29 is 4.39 Å². The SMILES string of the molecule is CCCNCC(Cc1cc(Br)ccc1F)C1CCCC1. The summed E-state index contributed by atoms with van der Waals surface area (Å²) in [5, 5.41) is 3.53. The monoisotopic (exact) mass is 341 g/mol. The molecule has 0 saturated heterocycles. The Morgan fingerprint density at radius 1 is 1.35 bits per heavy atom. The van der Waals surface area contributed by atoms with Gasteiger partial charge in [0.25, 0.3) is 0 Å². The average Bonchev–Trinajstić information content (AvgIpc) is 2.96. The molecule has 1 aliphatic rings. The molecule has 1 N–H and O–H groups in total. The Bertz CT molecular complexity index is 415. The van der Waals surface area contributed by atoms with Crippen molar-refractivity contribution in [3.05, 3.63) is 34.1 Å². The summed E-state index contributed by atoms with van der Waals surface area (Å²) in [5.41, 5.74) is 0.856. The summed E-state index contributed by atoms with van der Waals surface area (Å²) in [7, 11) is 0. The lowest BCUT2D eigenvalue weighted by atomic mass is 9.85. The van der Waals surface area contributed by atoms with Crippen LogP contribution in [-0.2, 0) is 6.42 Å². The van der Waals surface area contributed by atoms with Gasteiger partial charge in [-0.2, -0.15) is 0 Å². The van der Waals surface area contributed by atoms with E-state index in [4.69, 9.17) is 0 Å². The van der Waals surface area contributed by atoms with E-state index in [0.717, 1.165) is 41.9 Å². The smallest absolute Gasteiger partial charge is 0.126 e. The molecule has 1 aliphatic carbocycles. The second-order valence-corrected chi connectivity index (χ2v) is 6.86. The Labute approximate surface area is 130 Å². The predicted octanol–water partition coefficient (Wildman–Crippen LogP) is 4.94. The van der Waals surface area contributed by atoms with E-state index in [9.17, 15) is 4.39 Å². The zero-order chi connectivity index (χ0) is 14.4. The summed E-state index contributed by atoms with van der Waals surface area (Å²) >= 11 is 3.45. The van der Waals surface area contributed by atoms with E-state index in [1.807, 2.05) is 6.07 Å². The van der Waals surface area contributed by atoms with Gasteiger partial charge in [0.05, 0.1) is 0 Å². The van der Waals surface area contributed by atoms with Crippen LogP contribution in [0.1, 0.15) is 44.6 Å². The third kappa shape index (κ3) is 4.56. The summed E-state index contributed by atoms with van der Waals surface area (Å²) < 4.78 is 14.9. The number of halogens is 2. The van der Waals surface area contributed by atoms with Crippen molar-refractivity contribution in [2.75, 3.05) is 13.1 Å². The summed E-state index contributed by atoms with van der Waals surface area (Å²) in [4.78, 5) is 0. The molecule has 1 aromatic rings. The largest absolute Gasteiger partial charge is 0.316 e. The van der Waals surface area contributed by atoms with Gasteiger partial charge in [0, 0.05) is 4.47 Å². The highest BCUT2D eigenvalue weighted by Gasteiger charge is 2.25. The number of rotatable bonds is 7. The maximum absolute atomic E-state index is 14.0. The fourth-order valence-corrected chi connectivity index (χ4v) is 3.69. The molecule has 1 nitrogen and oxygen atoms in total. The first-order valence-corrected chi connectivity index (χ1v) is 8.64. The zero-order valence-electron chi connectivity index (χ0n) is 12.3. The minimum atomic E-state index is -0.0633. The van der Waals surface area contributed by atoms with Crippen LogP contribution in [-0.4, -0.2) is 13.1 Å². The second-order valence-electron chi connectivity index (χ2n) is 5.95. The molecule has 0 bridgehead atoms. The Balaban J connectivity index is 2.03. The van der Waals surface area contributed by atoms with Crippen LogP contribution in [0.5, 0.6) is 0 Å². The molecule has 1 saturated carbocycles. The van der Waals surface area contributed by atoms with Crippen LogP contribution in [0.25, 0.3) is 0 Å². The topological polar surface area (TPSA) is 12.0 Å².